The lowest BCUT2D eigenvalue weighted by Crippen LogP contribution is -2.27. The molecule has 1 aromatic heterocycles. The van der Waals surface area contributed by atoms with Crippen molar-refractivity contribution in [2.75, 3.05) is 23.8 Å². The minimum absolute atomic E-state index is 0.0600. The van der Waals surface area contributed by atoms with Crippen LogP contribution in [0.4, 0.5) is 0 Å². The first-order valence-corrected chi connectivity index (χ1v) is 9.15. The van der Waals surface area contributed by atoms with Crippen LogP contribution in [0, 0.1) is 0 Å². The second-order valence-corrected chi connectivity index (χ2v) is 7.39. The van der Waals surface area contributed by atoms with Crippen molar-refractivity contribution in [3.63, 3.8) is 0 Å². The van der Waals surface area contributed by atoms with Crippen molar-refractivity contribution in [3.05, 3.63) is 24.3 Å². The molecular formula is C13H14N2O3S3. The molecule has 1 heterocycles. The molecule has 2 rings (SSSR count). The molecule has 0 saturated carbocycles. The summed E-state index contributed by atoms with van der Waals surface area (Å²) >= 11 is 4.28. The van der Waals surface area contributed by atoms with Crippen molar-refractivity contribution in [1.29, 1.82) is 0 Å². The number of hydrogen-bond donors (Lipinski definition) is 2. The van der Waals surface area contributed by atoms with Gasteiger partial charge in [0.05, 0.1) is 21.7 Å². The Bertz CT molecular complexity index is 597. The normalized spacial score (nSPS) is 10.7. The van der Waals surface area contributed by atoms with Crippen LogP contribution in [0.25, 0.3) is 10.2 Å². The number of fused-ring (bicyclic) bond motifs is 1. The number of thiazole rings is 1. The van der Waals surface area contributed by atoms with Gasteiger partial charge >= 0.3 is 5.97 Å². The van der Waals surface area contributed by atoms with E-state index in [0.717, 1.165) is 14.6 Å². The van der Waals surface area contributed by atoms with E-state index in [4.69, 9.17) is 5.11 Å². The Morgan fingerprint density at radius 1 is 1.29 bits per heavy atom. The van der Waals surface area contributed by atoms with E-state index in [1.54, 1.807) is 11.3 Å². The lowest BCUT2D eigenvalue weighted by Gasteiger charge is -2.03. The molecule has 1 amide bonds. The van der Waals surface area contributed by atoms with Gasteiger partial charge in [-0.3, -0.25) is 9.59 Å². The van der Waals surface area contributed by atoms with Crippen molar-refractivity contribution in [2.45, 2.75) is 4.34 Å². The van der Waals surface area contributed by atoms with Gasteiger partial charge in [-0.25, -0.2) is 4.98 Å². The quantitative estimate of drug-likeness (QED) is 0.566. The molecule has 2 aromatic rings. The zero-order valence-corrected chi connectivity index (χ0v) is 13.5. The van der Waals surface area contributed by atoms with Gasteiger partial charge in [0.2, 0.25) is 5.91 Å². The molecule has 0 fully saturated rings. The Hall–Kier alpha value is -1.25. The van der Waals surface area contributed by atoms with Crippen LogP contribution >= 0.6 is 34.9 Å². The Kier molecular flexibility index (Phi) is 6.34. The van der Waals surface area contributed by atoms with Crippen LogP contribution in [0.15, 0.2) is 28.6 Å². The maximum Gasteiger partial charge on any atom is 0.313 e. The van der Waals surface area contributed by atoms with E-state index < -0.39 is 5.97 Å². The molecule has 5 nitrogen and oxygen atoms in total. The fraction of sp³-hybridized carbons (Fsp3) is 0.308. The van der Waals surface area contributed by atoms with Crippen LogP contribution in [0.3, 0.4) is 0 Å². The molecule has 0 atom stereocenters. The number of carboxylic acid groups (broad SMARTS) is 1. The average molecular weight is 342 g/mol. The van der Waals surface area contributed by atoms with Gasteiger partial charge in [-0.15, -0.1) is 23.1 Å². The summed E-state index contributed by atoms with van der Waals surface area (Å²) in [6, 6.07) is 7.88. The molecule has 8 heteroatoms. The lowest BCUT2D eigenvalue weighted by molar-refractivity contribution is -0.133. The molecule has 0 bridgehead atoms. The van der Waals surface area contributed by atoms with Crippen LogP contribution in [0.5, 0.6) is 0 Å². The molecule has 112 valence electrons. The highest BCUT2D eigenvalue weighted by Gasteiger charge is 2.07. The van der Waals surface area contributed by atoms with Crippen molar-refractivity contribution in [3.8, 4) is 0 Å². The van der Waals surface area contributed by atoms with Gasteiger partial charge in [-0.2, -0.15) is 0 Å². The number of benzene rings is 1. The number of nitrogens with zero attached hydrogens (tertiary/aromatic N) is 1. The molecule has 0 spiro atoms. The third kappa shape index (κ3) is 5.56. The van der Waals surface area contributed by atoms with Crippen LogP contribution in [-0.4, -0.2) is 45.8 Å². The van der Waals surface area contributed by atoms with Gasteiger partial charge in [0.1, 0.15) is 0 Å². The Morgan fingerprint density at radius 2 is 2.10 bits per heavy atom. The van der Waals surface area contributed by atoms with Gasteiger partial charge in [-0.05, 0) is 12.1 Å². The van der Waals surface area contributed by atoms with Gasteiger partial charge in [0.15, 0.2) is 4.34 Å². The number of hydrogen-bond acceptors (Lipinski definition) is 6. The zero-order valence-electron chi connectivity index (χ0n) is 11.1. The molecule has 2 N–H and O–H groups in total. The van der Waals surface area contributed by atoms with Gasteiger partial charge in [-0.1, -0.05) is 23.9 Å². The number of carbonyl (C=O) groups is 2. The second-order valence-electron chi connectivity index (χ2n) is 4.03. The summed E-state index contributed by atoms with van der Waals surface area (Å²) < 4.78 is 2.00. The minimum Gasteiger partial charge on any atom is -0.481 e. The van der Waals surface area contributed by atoms with E-state index >= 15 is 0 Å². The van der Waals surface area contributed by atoms with Crippen molar-refractivity contribution >= 4 is 57.0 Å². The molecule has 0 aliphatic rings. The predicted octanol–water partition coefficient (Wildman–Crippen LogP) is 2.32. The average Bonchev–Trinajstić information content (AvgIpc) is 2.87. The van der Waals surface area contributed by atoms with Crippen LogP contribution < -0.4 is 5.32 Å². The summed E-state index contributed by atoms with van der Waals surface area (Å²) in [4.78, 5) is 26.4. The second kappa shape index (κ2) is 8.26. The third-order valence-electron chi connectivity index (χ3n) is 2.40. The van der Waals surface area contributed by atoms with E-state index in [2.05, 4.69) is 10.3 Å². The molecule has 1 aromatic carbocycles. The zero-order chi connectivity index (χ0) is 15.1. The number of nitrogens with one attached hydrogen (secondary N) is 1. The summed E-state index contributed by atoms with van der Waals surface area (Å²) in [5.74, 6) is 0.0942. The highest BCUT2D eigenvalue weighted by molar-refractivity contribution is 8.01. The van der Waals surface area contributed by atoms with Crippen molar-refractivity contribution < 1.29 is 14.7 Å². The highest BCUT2D eigenvalue weighted by atomic mass is 32.2. The largest absolute Gasteiger partial charge is 0.481 e. The minimum atomic E-state index is -0.835. The Balaban J connectivity index is 1.67. The van der Waals surface area contributed by atoms with Gasteiger partial charge in [0.25, 0.3) is 0 Å². The summed E-state index contributed by atoms with van der Waals surface area (Å²) in [5.41, 5.74) is 0.954. The summed E-state index contributed by atoms with van der Waals surface area (Å²) in [6.45, 7) is 0.483. The summed E-state index contributed by atoms with van der Waals surface area (Å²) in [6.07, 6.45) is 0. The van der Waals surface area contributed by atoms with Gasteiger partial charge in [0, 0.05) is 12.3 Å². The SMILES string of the molecule is O=C(O)CSCCNC(=O)CSc1nc2ccccc2s1. The molecular weight excluding hydrogens is 328 g/mol. The van der Waals surface area contributed by atoms with Crippen LogP contribution in [-0.2, 0) is 9.59 Å². The summed E-state index contributed by atoms with van der Waals surface area (Å²) in [7, 11) is 0. The topological polar surface area (TPSA) is 79.3 Å². The number of carbonyl (C=O) groups excluding carboxylic acids is 1. The van der Waals surface area contributed by atoms with E-state index in [9.17, 15) is 9.59 Å². The first-order chi connectivity index (χ1) is 10.1. The van der Waals surface area contributed by atoms with E-state index in [-0.39, 0.29) is 11.7 Å². The molecule has 0 unspecified atom stereocenters. The smallest absolute Gasteiger partial charge is 0.313 e. The fourth-order valence-corrected chi connectivity index (χ4v) is 3.98. The molecule has 21 heavy (non-hydrogen) atoms. The van der Waals surface area contributed by atoms with Gasteiger partial charge < -0.3 is 10.4 Å². The lowest BCUT2D eigenvalue weighted by atomic mass is 10.3. The van der Waals surface area contributed by atoms with E-state index in [0.29, 0.717) is 18.1 Å². The van der Waals surface area contributed by atoms with Crippen LogP contribution in [0.1, 0.15) is 0 Å². The van der Waals surface area contributed by atoms with Crippen molar-refractivity contribution in [1.82, 2.24) is 10.3 Å². The van der Waals surface area contributed by atoms with Crippen molar-refractivity contribution in [2.24, 2.45) is 0 Å². The number of aliphatic carboxylic acids is 1. The number of thioether (sulfide) groups is 2. The van der Waals surface area contributed by atoms with E-state index in [1.165, 1.54) is 23.5 Å². The number of carboxylic acids is 1. The Morgan fingerprint density at radius 3 is 2.86 bits per heavy atom. The molecule has 0 radical (unpaired) electrons. The number of para-hydroxylation sites is 1. The predicted molar refractivity (Wildman–Crippen MR) is 88.3 cm³/mol. The maximum atomic E-state index is 11.6. The number of rotatable bonds is 8. The summed E-state index contributed by atoms with van der Waals surface area (Å²) in [5, 5.41) is 11.2. The fourth-order valence-electron chi connectivity index (χ4n) is 1.51. The third-order valence-corrected chi connectivity index (χ3v) is 5.52. The Labute approximate surface area is 134 Å². The molecule has 0 aliphatic heterocycles. The first-order valence-electron chi connectivity index (χ1n) is 6.20. The number of aromatic nitrogens is 1. The first kappa shape index (κ1) is 16.1. The van der Waals surface area contributed by atoms with E-state index in [1.807, 2.05) is 24.3 Å². The highest BCUT2D eigenvalue weighted by Crippen LogP contribution is 2.28. The standard InChI is InChI=1S/C13H14N2O3S3/c16-11(14-5-6-19-8-12(17)18)7-20-13-15-9-3-1-2-4-10(9)21-13/h1-4H,5-8H2,(H,14,16)(H,17,18). The number of amides is 1. The molecule has 0 aliphatic carbocycles. The molecule has 0 saturated heterocycles. The monoisotopic (exact) mass is 342 g/mol. The van der Waals surface area contributed by atoms with Crippen LogP contribution in [0.2, 0.25) is 0 Å². The maximum absolute atomic E-state index is 11.6.